The van der Waals surface area contributed by atoms with Crippen LogP contribution in [0.3, 0.4) is 0 Å². The van der Waals surface area contributed by atoms with E-state index >= 15 is 0 Å². The zero-order chi connectivity index (χ0) is 22.9. The number of carbonyl (C=O) groups is 1. The van der Waals surface area contributed by atoms with Crippen LogP contribution in [0.2, 0.25) is 0 Å². The quantitative estimate of drug-likeness (QED) is 0.189. The van der Waals surface area contributed by atoms with E-state index in [-0.39, 0.29) is 23.6 Å². The predicted molar refractivity (Wildman–Crippen MR) is 130 cm³/mol. The summed E-state index contributed by atoms with van der Waals surface area (Å²) < 4.78 is 9.01. The molecular weight excluding hydrogens is 456 g/mol. The number of thiazole rings is 1. The molecule has 0 saturated heterocycles. The van der Waals surface area contributed by atoms with Gasteiger partial charge in [0.05, 0.1) is 29.5 Å². The Morgan fingerprint density at radius 3 is 2.79 bits per heavy atom. The van der Waals surface area contributed by atoms with Crippen LogP contribution in [-0.4, -0.2) is 30.6 Å². The van der Waals surface area contributed by atoms with Crippen LogP contribution in [0.15, 0.2) is 74.7 Å². The fourth-order valence-corrected chi connectivity index (χ4v) is 5.46. The average molecular weight is 477 g/mol. The van der Waals surface area contributed by atoms with Crippen molar-refractivity contribution in [2.24, 2.45) is 0 Å². The Kier molecular flexibility index (Phi) is 5.74. The van der Waals surface area contributed by atoms with Crippen LogP contribution >= 0.6 is 23.1 Å². The van der Waals surface area contributed by atoms with Gasteiger partial charge in [0.25, 0.3) is 5.56 Å². The van der Waals surface area contributed by atoms with Gasteiger partial charge in [-0.05, 0) is 44.2 Å². The molecule has 0 N–H and O–H groups in total. The van der Waals surface area contributed by atoms with Crippen LogP contribution in [0.5, 0.6) is 0 Å². The number of ketones is 1. The standard InChI is InChI=1S/C24H20N4O3S2/c1-15-12-19(16(2)28(15)23-25-9-11-32-23)21(29)14-33-24-26-20-8-4-3-7-18(20)22(30)27(24)13-17-6-5-10-31-17/h3-12H,13-14H2,1-2H3. The van der Waals surface area contributed by atoms with E-state index in [1.807, 2.05) is 54.1 Å². The normalized spacial score (nSPS) is 11.3. The van der Waals surface area contributed by atoms with Crippen molar-refractivity contribution in [3.05, 3.63) is 93.4 Å². The lowest BCUT2D eigenvalue weighted by Crippen LogP contribution is -2.24. The van der Waals surface area contributed by atoms with E-state index in [1.165, 1.54) is 23.1 Å². The Hall–Kier alpha value is -3.43. The zero-order valence-electron chi connectivity index (χ0n) is 18.0. The van der Waals surface area contributed by atoms with Crippen molar-refractivity contribution in [2.45, 2.75) is 25.5 Å². The van der Waals surface area contributed by atoms with Gasteiger partial charge in [-0.1, -0.05) is 23.9 Å². The number of nitrogens with zero attached hydrogens (tertiary/aromatic N) is 4. The minimum atomic E-state index is -0.158. The van der Waals surface area contributed by atoms with E-state index in [0.29, 0.717) is 27.4 Å². The zero-order valence-corrected chi connectivity index (χ0v) is 19.7. The van der Waals surface area contributed by atoms with Crippen molar-refractivity contribution < 1.29 is 9.21 Å². The van der Waals surface area contributed by atoms with Gasteiger partial charge in [-0.25, -0.2) is 9.97 Å². The summed E-state index contributed by atoms with van der Waals surface area (Å²) in [6.45, 7) is 4.14. The van der Waals surface area contributed by atoms with Crippen LogP contribution in [0.25, 0.3) is 16.0 Å². The first-order chi connectivity index (χ1) is 16.0. The lowest BCUT2D eigenvalue weighted by molar-refractivity contribution is 0.102. The van der Waals surface area contributed by atoms with Crippen molar-refractivity contribution in [3.63, 3.8) is 0 Å². The molecule has 166 valence electrons. The molecule has 0 saturated carbocycles. The van der Waals surface area contributed by atoms with E-state index in [9.17, 15) is 9.59 Å². The van der Waals surface area contributed by atoms with E-state index in [4.69, 9.17) is 4.42 Å². The molecule has 0 bridgehead atoms. The van der Waals surface area contributed by atoms with E-state index in [2.05, 4.69) is 9.97 Å². The highest BCUT2D eigenvalue weighted by Crippen LogP contribution is 2.25. The number of aromatic nitrogens is 4. The van der Waals surface area contributed by atoms with Gasteiger partial charge in [-0.3, -0.25) is 18.7 Å². The second-order valence-corrected chi connectivity index (χ2v) is 9.34. The van der Waals surface area contributed by atoms with E-state index < -0.39 is 0 Å². The number of para-hydroxylation sites is 1. The maximum Gasteiger partial charge on any atom is 0.262 e. The maximum atomic E-state index is 13.2. The Morgan fingerprint density at radius 2 is 2.03 bits per heavy atom. The molecular formula is C24H20N4O3S2. The summed E-state index contributed by atoms with van der Waals surface area (Å²) in [5, 5.41) is 3.76. The van der Waals surface area contributed by atoms with Gasteiger partial charge in [0.15, 0.2) is 16.1 Å². The Balaban J connectivity index is 1.47. The minimum Gasteiger partial charge on any atom is -0.467 e. The van der Waals surface area contributed by atoms with E-state index in [1.54, 1.807) is 29.2 Å². The molecule has 0 unspecified atom stereocenters. The number of furan rings is 1. The SMILES string of the molecule is Cc1cc(C(=O)CSc2nc3ccccc3c(=O)n2Cc2ccco2)c(C)n1-c1nccs1. The Bertz CT molecular complexity index is 1500. The topological polar surface area (TPSA) is 82.9 Å². The fourth-order valence-electron chi connectivity index (χ4n) is 3.83. The molecule has 5 rings (SSSR count). The van der Waals surface area contributed by atoms with Crippen LogP contribution in [0, 0.1) is 13.8 Å². The van der Waals surface area contributed by atoms with Gasteiger partial charge in [-0.15, -0.1) is 11.3 Å². The summed E-state index contributed by atoms with van der Waals surface area (Å²) in [5.74, 6) is 0.780. The van der Waals surface area contributed by atoms with Gasteiger partial charge in [0.2, 0.25) is 0 Å². The molecule has 33 heavy (non-hydrogen) atoms. The third kappa shape index (κ3) is 4.05. The van der Waals surface area contributed by atoms with Crippen LogP contribution in [0.1, 0.15) is 27.5 Å². The second kappa shape index (κ2) is 8.84. The minimum absolute atomic E-state index is 0.0251. The maximum absolute atomic E-state index is 13.2. The first-order valence-corrected chi connectivity index (χ1v) is 12.2. The molecule has 0 radical (unpaired) electrons. The van der Waals surface area contributed by atoms with Crippen LogP contribution < -0.4 is 5.56 Å². The first kappa shape index (κ1) is 21.4. The number of hydrogen-bond donors (Lipinski definition) is 0. The van der Waals surface area contributed by atoms with Crippen molar-refractivity contribution in [1.29, 1.82) is 0 Å². The number of hydrogen-bond acceptors (Lipinski definition) is 7. The molecule has 7 nitrogen and oxygen atoms in total. The van der Waals surface area contributed by atoms with Gasteiger partial charge in [0.1, 0.15) is 5.76 Å². The molecule has 0 spiro atoms. The summed E-state index contributed by atoms with van der Waals surface area (Å²) in [4.78, 5) is 35.4. The molecule has 0 aliphatic heterocycles. The monoisotopic (exact) mass is 476 g/mol. The van der Waals surface area contributed by atoms with Gasteiger partial charge in [0, 0.05) is 28.5 Å². The summed E-state index contributed by atoms with van der Waals surface area (Å²) in [6.07, 6.45) is 3.32. The largest absolute Gasteiger partial charge is 0.467 e. The third-order valence-corrected chi connectivity index (χ3v) is 7.13. The second-order valence-electron chi connectivity index (χ2n) is 7.53. The lowest BCUT2D eigenvalue weighted by atomic mass is 10.2. The summed E-state index contributed by atoms with van der Waals surface area (Å²) in [6, 6.07) is 12.7. The Labute approximate surface area is 197 Å². The molecule has 5 aromatic rings. The lowest BCUT2D eigenvalue weighted by Gasteiger charge is -2.12. The molecule has 0 fully saturated rings. The molecule has 4 heterocycles. The van der Waals surface area contributed by atoms with Crippen molar-refractivity contribution in [3.8, 4) is 5.13 Å². The summed E-state index contributed by atoms with van der Waals surface area (Å²) >= 11 is 2.78. The highest BCUT2D eigenvalue weighted by atomic mass is 32.2. The molecule has 9 heteroatoms. The van der Waals surface area contributed by atoms with Crippen LogP contribution in [0.4, 0.5) is 0 Å². The smallest absolute Gasteiger partial charge is 0.262 e. The van der Waals surface area contributed by atoms with E-state index in [0.717, 1.165) is 16.5 Å². The Morgan fingerprint density at radius 1 is 1.18 bits per heavy atom. The number of rotatable bonds is 7. The fraction of sp³-hybridized carbons (Fsp3) is 0.167. The molecule has 1 aromatic carbocycles. The number of thioether (sulfide) groups is 1. The van der Waals surface area contributed by atoms with Crippen molar-refractivity contribution in [1.82, 2.24) is 19.1 Å². The van der Waals surface area contributed by atoms with Gasteiger partial charge in [-0.2, -0.15) is 0 Å². The molecule has 4 aromatic heterocycles. The van der Waals surface area contributed by atoms with Crippen molar-refractivity contribution >= 4 is 39.8 Å². The molecule has 0 atom stereocenters. The average Bonchev–Trinajstić information content (AvgIpc) is 3.57. The summed E-state index contributed by atoms with van der Waals surface area (Å²) in [5.41, 5.74) is 2.90. The highest BCUT2D eigenvalue weighted by Gasteiger charge is 2.20. The van der Waals surface area contributed by atoms with Gasteiger partial charge < -0.3 is 4.42 Å². The molecule has 0 amide bonds. The number of aryl methyl sites for hydroxylation is 1. The van der Waals surface area contributed by atoms with Gasteiger partial charge >= 0.3 is 0 Å². The summed E-state index contributed by atoms with van der Waals surface area (Å²) in [7, 11) is 0. The number of fused-ring (bicyclic) bond motifs is 1. The highest BCUT2D eigenvalue weighted by molar-refractivity contribution is 7.99. The third-order valence-electron chi connectivity index (χ3n) is 5.40. The first-order valence-electron chi connectivity index (χ1n) is 10.3. The molecule has 0 aliphatic rings. The van der Waals surface area contributed by atoms with Crippen LogP contribution in [-0.2, 0) is 6.54 Å². The molecule has 0 aliphatic carbocycles. The number of carbonyl (C=O) groups excluding carboxylic acids is 1. The van der Waals surface area contributed by atoms with Crippen molar-refractivity contribution in [2.75, 3.05) is 5.75 Å². The number of Topliss-reactive ketones (excluding diaryl/α,β-unsaturated/α-hetero) is 1. The predicted octanol–water partition coefficient (Wildman–Crippen LogP) is 4.88. The number of benzene rings is 1.